The molecule has 0 amide bonds. The summed E-state index contributed by atoms with van der Waals surface area (Å²) in [6.07, 6.45) is 0.422. The van der Waals surface area contributed by atoms with E-state index in [-0.39, 0.29) is 17.1 Å². The van der Waals surface area contributed by atoms with Crippen LogP contribution in [-0.2, 0) is 0 Å². The Balaban J connectivity index is 3.23. The first kappa shape index (κ1) is 11.9. The van der Waals surface area contributed by atoms with Gasteiger partial charge in [0, 0.05) is 4.47 Å². The lowest BCUT2D eigenvalue weighted by molar-refractivity contribution is -0.0514. The number of benzene rings is 1. The predicted molar refractivity (Wildman–Crippen MR) is 52.7 cm³/mol. The van der Waals surface area contributed by atoms with Gasteiger partial charge in [0.05, 0.1) is 12.7 Å². The van der Waals surface area contributed by atoms with Gasteiger partial charge in [0.25, 0.3) is 0 Å². The van der Waals surface area contributed by atoms with Gasteiger partial charge in [-0.05, 0) is 12.1 Å². The van der Waals surface area contributed by atoms with Crippen molar-refractivity contribution in [1.82, 2.24) is 0 Å². The van der Waals surface area contributed by atoms with Crippen molar-refractivity contribution in [2.45, 2.75) is 6.61 Å². The topological polar surface area (TPSA) is 35.5 Å². The maximum Gasteiger partial charge on any atom is 0.387 e. The second-order valence-electron chi connectivity index (χ2n) is 2.52. The van der Waals surface area contributed by atoms with E-state index in [0.717, 1.165) is 0 Å². The zero-order valence-electron chi connectivity index (χ0n) is 7.67. The fraction of sp³-hybridized carbons (Fsp3) is 0.222. The van der Waals surface area contributed by atoms with Crippen molar-refractivity contribution in [3.8, 4) is 11.5 Å². The van der Waals surface area contributed by atoms with Gasteiger partial charge < -0.3 is 9.47 Å². The van der Waals surface area contributed by atoms with Crippen LogP contribution >= 0.6 is 15.9 Å². The minimum absolute atomic E-state index is 0.00141. The van der Waals surface area contributed by atoms with Gasteiger partial charge in [-0.25, -0.2) is 0 Å². The van der Waals surface area contributed by atoms with Crippen LogP contribution in [-0.4, -0.2) is 20.0 Å². The molecule has 0 aromatic heterocycles. The molecule has 0 aliphatic heterocycles. The quantitative estimate of drug-likeness (QED) is 0.796. The maximum atomic E-state index is 12.0. The third-order valence-electron chi connectivity index (χ3n) is 1.60. The number of methoxy groups -OCH3 is 1. The number of ether oxygens (including phenoxy) is 2. The van der Waals surface area contributed by atoms with E-state index in [4.69, 9.17) is 4.74 Å². The molecule has 6 heteroatoms. The van der Waals surface area contributed by atoms with Crippen LogP contribution in [0.25, 0.3) is 0 Å². The van der Waals surface area contributed by atoms with E-state index >= 15 is 0 Å². The van der Waals surface area contributed by atoms with Crippen LogP contribution in [0.4, 0.5) is 8.78 Å². The molecule has 1 aromatic carbocycles. The highest BCUT2D eigenvalue weighted by Gasteiger charge is 2.16. The average molecular weight is 281 g/mol. The molecule has 0 heterocycles. The maximum absolute atomic E-state index is 12.0. The van der Waals surface area contributed by atoms with Crippen LogP contribution in [0.15, 0.2) is 16.6 Å². The average Bonchev–Trinajstić information content (AvgIpc) is 2.19. The van der Waals surface area contributed by atoms with Gasteiger partial charge in [0.15, 0.2) is 17.8 Å². The molecule has 0 bridgehead atoms. The predicted octanol–water partition coefficient (Wildman–Crippen LogP) is 2.87. The number of rotatable bonds is 4. The van der Waals surface area contributed by atoms with Gasteiger partial charge in [0.1, 0.15) is 0 Å². The van der Waals surface area contributed by atoms with Gasteiger partial charge in [-0.3, -0.25) is 4.79 Å². The molecule has 1 rings (SSSR count). The fourth-order valence-corrected chi connectivity index (χ4v) is 1.50. The third-order valence-corrected chi connectivity index (χ3v) is 2.06. The summed E-state index contributed by atoms with van der Waals surface area (Å²) in [6, 6.07) is 2.80. The number of carbonyl (C=O) groups excluding carboxylic acids is 1. The van der Waals surface area contributed by atoms with E-state index in [1.54, 1.807) is 0 Å². The Morgan fingerprint density at radius 3 is 2.60 bits per heavy atom. The van der Waals surface area contributed by atoms with E-state index in [1.807, 2.05) is 0 Å². The van der Waals surface area contributed by atoms with Crippen LogP contribution in [0.3, 0.4) is 0 Å². The monoisotopic (exact) mass is 280 g/mol. The van der Waals surface area contributed by atoms with E-state index in [9.17, 15) is 13.6 Å². The van der Waals surface area contributed by atoms with E-state index in [1.165, 1.54) is 19.2 Å². The lowest BCUT2D eigenvalue weighted by Gasteiger charge is -2.12. The molecular weight excluding hydrogens is 274 g/mol. The first-order valence-corrected chi connectivity index (χ1v) is 4.65. The fourth-order valence-electron chi connectivity index (χ4n) is 1.04. The number of hydrogen-bond donors (Lipinski definition) is 0. The van der Waals surface area contributed by atoms with Gasteiger partial charge in [-0.1, -0.05) is 15.9 Å². The Morgan fingerprint density at radius 1 is 1.47 bits per heavy atom. The molecule has 0 spiro atoms. The van der Waals surface area contributed by atoms with Crippen molar-refractivity contribution in [3.63, 3.8) is 0 Å². The zero-order chi connectivity index (χ0) is 11.4. The van der Waals surface area contributed by atoms with Crippen LogP contribution < -0.4 is 9.47 Å². The lowest BCUT2D eigenvalue weighted by atomic mass is 10.2. The molecule has 0 aliphatic carbocycles. The highest BCUT2D eigenvalue weighted by molar-refractivity contribution is 9.10. The van der Waals surface area contributed by atoms with Crippen LogP contribution in [0.5, 0.6) is 11.5 Å². The standard InChI is InChI=1S/C9H7BrF2O3/c1-14-7-3-6(10)2-5(4-13)8(7)15-9(11)12/h2-4,9H,1H3. The van der Waals surface area contributed by atoms with Crippen molar-refractivity contribution < 1.29 is 23.0 Å². The SMILES string of the molecule is COc1cc(Br)cc(C=O)c1OC(F)F. The molecule has 0 aliphatic rings. The smallest absolute Gasteiger partial charge is 0.387 e. The summed E-state index contributed by atoms with van der Waals surface area (Å²) in [6.45, 7) is -3.00. The molecule has 0 N–H and O–H groups in total. The van der Waals surface area contributed by atoms with Crippen molar-refractivity contribution in [2.75, 3.05) is 7.11 Å². The van der Waals surface area contributed by atoms with Crippen molar-refractivity contribution in [1.29, 1.82) is 0 Å². The zero-order valence-corrected chi connectivity index (χ0v) is 9.25. The summed E-state index contributed by atoms with van der Waals surface area (Å²) in [4.78, 5) is 10.6. The van der Waals surface area contributed by atoms with Gasteiger partial charge in [0.2, 0.25) is 0 Å². The highest BCUT2D eigenvalue weighted by atomic mass is 79.9. The molecular formula is C9H7BrF2O3. The number of hydrogen-bond acceptors (Lipinski definition) is 3. The summed E-state index contributed by atoms with van der Waals surface area (Å²) < 4.78 is 33.7. The molecule has 0 fully saturated rings. The van der Waals surface area contributed by atoms with Crippen LogP contribution in [0.2, 0.25) is 0 Å². The Hall–Kier alpha value is -1.17. The molecule has 0 radical (unpaired) electrons. The van der Waals surface area contributed by atoms with Crippen molar-refractivity contribution >= 4 is 22.2 Å². The second-order valence-corrected chi connectivity index (χ2v) is 3.44. The number of alkyl halides is 2. The minimum Gasteiger partial charge on any atom is -0.493 e. The Morgan fingerprint density at radius 2 is 2.13 bits per heavy atom. The molecule has 15 heavy (non-hydrogen) atoms. The highest BCUT2D eigenvalue weighted by Crippen LogP contribution is 2.34. The van der Waals surface area contributed by atoms with Crippen LogP contribution in [0.1, 0.15) is 10.4 Å². The number of carbonyl (C=O) groups is 1. The Bertz CT molecular complexity index is 369. The molecule has 82 valence electrons. The summed E-state index contributed by atoms with van der Waals surface area (Å²) in [7, 11) is 1.30. The van der Waals surface area contributed by atoms with Gasteiger partial charge in [-0.15, -0.1) is 0 Å². The molecule has 0 saturated heterocycles. The van der Waals surface area contributed by atoms with Crippen molar-refractivity contribution in [3.05, 3.63) is 22.2 Å². The molecule has 0 atom stereocenters. The third kappa shape index (κ3) is 2.89. The summed E-state index contributed by atoms with van der Waals surface area (Å²) in [5.41, 5.74) is 0.00141. The first-order valence-electron chi connectivity index (χ1n) is 3.86. The normalized spacial score (nSPS) is 10.2. The van der Waals surface area contributed by atoms with Crippen LogP contribution in [0, 0.1) is 0 Å². The van der Waals surface area contributed by atoms with E-state index < -0.39 is 6.61 Å². The summed E-state index contributed by atoms with van der Waals surface area (Å²) >= 11 is 3.11. The van der Waals surface area contributed by atoms with Gasteiger partial charge >= 0.3 is 6.61 Å². The number of halogens is 3. The van der Waals surface area contributed by atoms with Gasteiger partial charge in [-0.2, -0.15) is 8.78 Å². The Kier molecular flexibility index (Phi) is 4.02. The lowest BCUT2D eigenvalue weighted by Crippen LogP contribution is -2.06. The molecule has 0 saturated carbocycles. The number of aldehydes is 1. The molecule has 0 unspecified atom stereocenters. The van der Waals surface area contributed by atoms with Crippen molar-refractivity contribution in [2.24, 2.45) is 0 Å². The summed E-state index contributed by atoms with van der Waals surface area (Å²) in [5, 5.41) is 0. The largest absolute Gasteiger partial charge is 0.493 e. The first-order chi connectivity index (χ1) is 7.08. The molecule has 3 nitrogen and oxygen atoms in total. The molecule has 1 aromatic rings. The summed E-state index contributed by atoms with van der Waals surface area (Å²) in [5.74, 6) is -0.183. The van der Waals surface area contributed by atoms with E-state index in [2.05, 4.69) is 20.7 Å². The minimum atomic E-state index is -3.00. The Labute approximate surface area is 93.1 Å². The van der Waals surface area contributed by atoms with E-state index in [0.29, 0.717) is 10.8 Å². The second kappa shape index (κ2) is 5.06.